The van der Waals surface area contributed by atoms with Crippen LogP contribution in [0.2, 0.25) is 0 Å². The number of pyridine rings is 1. The number of rotatable bonds is 3. The first-order chi connectivity index (χ1) is 14.8. The fourth-order valence-corrected chi connectivity index (χ4v) is 4.67. The Morgan fingerprint density at radius 2 is 1.67 bits per heavy atom. The largest absolute Gasteiger partial charge is 0.306 e. The van der Waals surface area contributed by atoms with Gasteiger partial charge < -0.3 is 4.40 Å². The van der Waals surface area contributed by atoms with Gasteiger partial charge in [-0.2, -0.15) is 0 Å². The van der Waals surface area contributed by atoms with Gasteiger partial charge in [0.1, 0.15) is 17.2 Å². The Kier molecular flexibility index (Phi) is 3.75. The van der Waals surface area contributed by atoms with E-state index in [0.29, 0.717) is 0 Å². The average Bonchev–Trinajstić information content (AvgIpc) is 3.52. The van der Waals surface area contributed by atoms with E-state index in [2.05, 4.69) is 45.6 Å². The molecule has 30 heavy (non-hydrogen) atoms. The molecule has 0 amide bonds. The molecule has 0 aliphatic rings. The van der Waals surface area contributed by atoms with Crippen LogP contribution in [0.1, 0.15) is 5.82 Å². The highest BCUT2D eigenvalue weighted by molar-refractivity contribution is 7.18. The minimum atomic E-state index is 0.793. The van der Waals surface area contributed by atoms with Gasteiger partial charge in [0.05, 0.1) is 15.4 Å². The Balaban J connectivity index is 1.49. The van der Waals surface area contributed by atoms with Crippen LogP contribution in [0.5, 0.6) is 0 Å². The smallest absolute Gasteiger partial charge is 0.168 e. The van der Waals surface area contributed by atoms with Gasteiger partial charge in [0.15, 0.2) is 5.82 Å². The van der Waals surface area contributed by atoms with Crippen LogP contribution >= 0.6 is 11.3 Å². The summed E-state index contributed by atoms with van der Waals surface area (Å²) in [5.41, 5.74) is 2.78. The number of imidazole rings is 2. The third kappa shape index (κ3) is 2.63. The normalized spacial score (nSPS) is 11.5. The van der Waals surface area contributed by atoms with Crippen LogP contribution < -0.4 is 0 Å². The highest BCUT2D eigenvalue weighted by atomic mass is 32.1. The van der Waals surface area contributed by atoms with Crippen LogP contribution in [-0.4, -0.2) is 29.1 Å². The van der Waals surface area contributed by atoms with Crippen LogP contribution in [0.4, 0.5) is 0 Å². The molecule has 0 bridgehead atoms. The van der Waals surface area contributed by atoms with Crippen molar-refractivity contribution in [2.45, 2.75) is 6.92 Å². The lowest BCUT2D eigenvalue weighted by Gasteiger charge is -2.09. The van der Waals surface area contributed by atoms with Gasteiger partial charge in [0.2, 0.25) is 0 Å². The Bertz CT molecular complexity index is 1490. The van der Waals surface area contributed by atoms with Crippen molar-refractivity contribution < 1.29 is 0 Å². The molecule has 1 aromatic carbocycles. The van der Waals surface area contributed by atoms with Gasteiger partial charge in [-0.15, -0.1) is 21.5 Å². The van der Waals surface area contributed by atoms with E-state index < -0.39 is 0 Å². The van der Waals surface area contributed by atoms with Crippen LogP contribution in [0.25, 0.3) is 43.4 Å². The van der Waals surface area contributed by atoms with Crippen LogP contribution in [0.15, 0.2) is 79.4 Å². The molecule has 6 nitrogen and oxygen atoms in total. The van der Waals surface area contributed by atoms with Gasteiger partial charge in [-0.1, -0.05) is 30.3 Å². The lowest BCUT2D eigenvalue weighted by molar-refractivity contribution is 0.897. The summed E-state index contributed by atoms with van der Waals surface area (Å²) < 4.78 is 4.00. The highest BCUT2D eigenvalue weighted by Crippen LogP contribution is 2.37. The summed E-state index contributed by atoms with van der Waals surface area (Å²) >= 11 is 1.68. The molecular formula is C23H16N6S. The number of fused-ring (bicyclic) bond motifs is 2. The van der Waals surface area contributed by atoms with Gasteiger partial charge >= 0.3 is 0 Å². The number of thiophene rings is 1. The summed E-state index contributed by atoms with van der Waals surface area (Å²) in [5.74, 6) is 1.67. The molecule has 0 aliphatic carbocycles. The number of hydrogen-bond donors (Lipinski definition) is 0. The van der Waals surface area contributed by atoms with E-state index in [1.165, 1.54) is 0 Å². The molecule has 0 spiro atoms. The maximum Gasteiger partial charge on any atom is 0.168 e. The summed E-state index contributed by atoms with van der Waals surface area (Å²) in [6.07, 6.45) is 7.76. The van der Waals surface area contributed by atoms with Crippen molar-refractivity contribution in [1.29, 1.82) is 0 Å². The fourth-order valence-electron chi connectivity index (χ4n) is 3.71. The number of hydrogen-bond acceptors (Lipinski definition) is 5. The molecule has 0 radical (unpaired) electrons. The Morgan fingerprint density at radius 1 is 0.833 bits per heavy atom. The molecule has 6 rings (SSSR count). The van der Waals surface area contributed by atoms with Crippen molar-refractivity contribution in [3.8, 4) is 27.0 Å². The fraction of sp³-hybridized carbons (Fsp3) is 0.0435. The monoisotopic (exact) mass is 408 g/mol. The summed E-state index contributed by atoms with van der Waals surface area (Å²) in [6, 6.07) is 18.5. The SMILES string of the molecule is Cc1nccn1-c1nnc(-c2ccc(-c3cn4ccccc4n3)s2)c2ccccc12. The summed E-state index contributed by atoms with van der Waals surface area (Å²) in [5, 5.41) is 11.3. The summed E-state index contributed by atoms with van der Waals surface area (Å²) in [6.45, 7) is 1.96. The zero-order valence-corrected chi connectivity index (χ0v) is 16.9. The molecule has 0 aliphatic heterocycles. The number of benzene rings is 1. The second-order valence-corrected chi connectivity index (χ2v) is 8.10. The summed E-state index contributed by atoms with van der Waals surface area (Å²) in [7, 11) is 0. The highest BCUT2D eigenvalue weighted by Gasteiger charge is 2.16. The van der Waals surface area contributed by atoms with Crippen molar-refractivity contribution in [3.63, 3.8) is 0 Å². The molecular weight excluding hydrogens is 392 g/mol. The Morgan fingerprint density at radius 3 is 2.50 bits per heavy atom. The van der Waals surface area contributed by atoms with E-state index in [-0.39, 0.29) is 0 Å². The lowest BCUT2D eigenvalue weighted by Crippen LogP contribution is -2.02. The third-order valence-corrected chi connectivity index (χ3v) is 6.29. The second kappa shape index (κ2) is 6.60. The molecule has 0 saturated carbocycles. The van der Waals surface area contributed by atoms with Crippen LogP contribution in [-0.2, 0) is 0 Å². The van der Waals surface area contributed by atoms with E-state index in [4.69, 9.17) is 4.98 Å². The molecule has 0 atom stereocenters. The first-order valence-electron chi connectivity index (χ1n) is 9.58. The van der Waals surface area contributed by atoms with Crippen molar-refractivity contribution in [3.05, 3.63) is 85.2 Å². The molecule has 0 saturated heterocycles. The van der Waals surface area contributed by atoms with Gasteiger partial charge in [-0.3, -0.25) is 4.57 Å². The predicted molar refractivity (Wildman–Crippen MR) is 119 cm³/mol. The van der Waals surface area contributed by atoms with Crippen LogP contribution in [0.3, 0.4) is 0 Å². The van der Waals surface area contributed by atoms with E-state index in [9.17, 15) is 0 Å². The molecule has 0 unspecified atom stereocenters. The number of aromatic nitrogens is 6. The molecule has 6 aromatic rings. The molecule has 5 heterocycles. The van der Waals surface area contributed by atoms with E-state index in [1.54, 1.807) is 17.5 Å². The molecule has 7 heteroatoms. The topological polar surface area (TPSA) is 60.9 Å². The first kappa shape index (κ1) is 17.1. The minimum absolute atomic E-state index is 0.793. The zero-order chi connectivity index (χ0) is 20.1. The Hall–Kier alpha value is -3.84. The number of aryl methyl sites for hydroxylation is 1. The summed E-state index contributed by atoms with van der Waals surface area (Å²) in [4.78, 5) is 11.2. The second-order valence-electron chi connectivity index (χ2n) is 7.02. The van der Waals surface area contributed by atoms with Crippen molar-refractivity contribution in [1.82, 2.24) is 29.1 Å². The molecule has 0 N–H and O–H groups in total. The van der Waals surface area contributed by atoms with Gasteiger partial charge in [0.25, 0.3) is 0 Å². The number of nitrogens with zero attached hydrogens (tertiary/aromatic N) is 6. The minimum Gasteiger partial charge on any atom is -0.306 e. The molecule has 5 aromatic heterocycles. The van der Waals surface area contributed by atoms with Crippen molar-refractivity contribution >= 4 is 27.8 Å². The average molecular weight is 408 g/mol. The van der Waals surface area contributed by atoms with Gasteiger partial charge in [-0.05, 0) is 31.2 Å². The first-order valence-corrected chi connectivity index (χ1v) is 10.4. The molecule has 0 fully saturated rings. The predicted octanol–water partition coefficient (Wildman–Crippen LogP) is 5.17. The maximum atomic E-state index is 4.74. The van der Waals surface area contributed by atoms with Gasteiger partial charge in [0, 0.05) is 35.6 Å². The third-order valence-electron chi connectivity index (χ3n) is 5.18. The molecule has 144 valence electrons. The van der Waals surface area contributed by atoms with Crippen LogP contribution in [0, 0.1) is 6.92 Å². The van der Waals surface area contributed by atoms with Gasteiger partial charge in [-0.25, -0.2) is 9.97 Å². The lowest BCUT2D eigenvalue weighted by atomic mass is 10.1. The standard InChI is InChI=1S/C23H16N6S/c1-15-24-11-13-29(15)23-17-7-3-2-6-16(17)22(26-27-23)20-10-9-19(30-20)18-14-28-12-5-4-8-21(28)25-18/h2-14H,1H3. The Labute approximate surface area is 176 Å². The quantitative estimate of drug-likeness (QED) is 0.405. The van der Waals surface area contributed by atoms with Crippen molar-refractivity contribution in [2.24, 2.45) is 0 Å². The van der Waals surface area contributed by atoms with E-state index in [1.807, 2.05) is 58.6 Å². The van der Waals surface area contributed by atoms with Crippen molar-refractivity contribution in [2.75, 3.05) is 0 Å². The zero-order valence-electron chi connectivity index (χ0n) is 16.1. The maximum absolute atomic E-state index is 4.74. The van der Waals surface area contributed by atoms with E-state index in [0.717, 1.165) is 49.2 Å². The van der Waals surface area contributed by atoms with E-state index >= 15 is 0 Å².